The van der Waals surface area contributed by atoms with E-state index in [2.05, 4.69) is 45.0 Å². The third-order valence-corrected chi connectivity index (χ3v) is 5.72. The van der Waals surface area contributed by atoms with Crippen LogP contribution >= 0.6 is 0 Å². The molecule has 24 heavy (non-hydrogen) atoms. The van der Waals surface area contributed by atoms with Crippen LogP contribution in [0.2, 0.25) is 0 Å². The van der Waals surface area contributed by atoms with Crippen molar-refractivity contribution in [1.82, 2.24) is 14.7 Å². The van der Waals surface area contributed by atoms with Gasteiger partial charge in [-0.2, -0.15) is 0 Å². The van der Waals surface area contributed by atoms with E-state index in [0.29, 0.717) is 24.4 Å². The first-order chi connectivity index (χ1) is 11.8. The fourth-order valence-corrected chi connectivity index (χ4v) is 4.39. The first kappa shape index (κ1) is 16.1. The number of fused-ring (bicyclic) bond motifs is 1. The summed E-state index contributed by atoms with van der Waals surface area (Å²) in [5.74, 6) is 0.344. The van der Waals surface area contributed by atoms with Gasteiger partial charge in [-0.1, -0.05) is 30.3 Å². The van der Waals surface area contributed by atoms with Crippen LogP contribution in [-0.2, 0) is 16.1 Å². The molecule has 3 aliphatic heterocycles. The molecule has 3 saturated heterocycles. The first-order valence-electron chi connectivity index (χ1n) is 9.19. The number of carbonyl (C=O) groups is 1. The number of hydrogen-bond donors (Lipinski definition) is 0. The summed E-state index contributed by atoms with van der Waals surface area (Å²) in [5, 5.41) is 0. The van der Waals surface area contributed by atoms with Gasteiger partial charge in [0.25, 0.3) is 0 Å². The van der Waals surface area contributed by atoms with E-state index in [1.807, 2.05) is 0 Å². The van der Waals surface area contributed by atoms with Crippen molar-refractivity contribution < 1.29 is 9.53 Å². The molecule has 0 aromatic heterocycles. The molecule has 3 aliphatic rings. The van der Waals surface area contributed by atoms with Crippen LogP contribution in [0, 0.1) is 0 Å². The Bertz CT molecular complexity index is 559. The van der Waals surface area contributed by atoms with Crippen LogP contribution in [0.25, 0.3) is 0 Å². The van der Waals surface area contributed by atoms with Gasteiger partial charge in [0.15, 0.2) is 0 Å². The fourth-order valence-electron chi connectivity index (χ4n) is 4.39. The molecule has 5 heteroatoms. The zero-order valence-corrected chi connectivity index (χ0v) is 14.3. The van der Waals surface area contributed by atoms with Crippen molar-refractivity contribution in [2.24, 2.45) is 0 Å². The minimum atomic E-state index is 0.344. The number of benzene rings is 1. The van der Waals surface area contributed by atoms with E-state index in [-0.39, 0.29) is 0 Å². The van der Waals surface area contributed by atoms with Crippen LogP contribution in [0.3, 0.4) is 0 Å². The van der Waals surface area contributed by atoms with Gasteiger partial charge in [-0.05, 0) is 12.0 Å². The van der Waals surface area contributed by atoms with Crippen molar-refractivity contribution >= 4 is 5.91 Å². The molecule has 3 fully saturated rings. The summed E-state index contributed by atoms with van der Waals surface area (Å²) in [6, 6.07) is 11.4. The van der Waals surface area contributed by atoms with E-state index < -0.39 is 0 Å². The van der Waals surface area contributed by atoms with Crippen LogP contribution in [0.15, 0.2) is 30.3 Å². The number of amides is 1. The fraction of sp³-hybridized carbons (Fsp3) is 0.632. The van der Waals surface area contributed by atoms with Gasteiger partial charge < -0.3 is 9.64 Å². The predicted molar refractivity (Wildman–Crippen MR) is 92.6 cm³/mol. The van der Waals surface area contributed by atoms with Crippen molar-refractivity contribution in [1.29, 1.82) is 0 Å². The van der Waals surface area contributed by atoms with Crippen LogP contribution in [0.5, 0.6) is 0 Å². The van der Waals surface area contributed by atoms with E-state index in [9.17, 15) is 4.79 Å². The largest absolute Gasteiger partial charge is 0.379 e. The van der Waals surface area contributed by atoms with Gasteiger partial charge in [0.1, 0.15) is 0 Å². The van der Waals surface area contributed by atoms with E-state index in [4.69, 9.17) is 4.74 Å². The smallest absolute Gasteiger partial charge is 0.224 e. The zero-order valence-electron chi connectivity index (χ0n) is 14.3. The van der Waals surface area contributed by atoms with Gasteiger partial charge in [0, 0.05) is 57.8 Å². The molecule has 4 rings (SSSR count). The van der Waals surface area contributed by atoms with Gasteiger partial charge in [0.05, 0.1) is 13.2 Å². The van der Waals surface area contributed by atoms with Gasteiger partial charge in [-0.25, -0.2) is 0 Å². The van der Waals surface area contributed by atoms with E-state index >= 15 is 0 Å². The summed E-state index contributed by atoms with van der Waals surface area (Å²) in [7, 11) is 0. The molecule has 0 unspecified atom stereocenters. The maximum absolute atomic E-state index is 12.5. The Morgan fingerprint density at radius 2 is 1.79 bits per heavy atom. The summed E-state index contributed by atoms with van der Waals surface area (Å²) < 4.78 is 5.40. The third kappa shape index (κ3) is 3.34. The average molecular weight is 329 g/mol. The third-order valence-electron chi connectivity index (χ3n) is 5.72. The standard InChI is InChI=1S/C19H27N3O2/c23-19-14-18-17(22(19)9-8-20-10-12-24-13-11-20)6-7-21(18)15-16-4-2-1-3-5-16/h1-5,17-18H,6-15H2/t17-,18+/m1/s1. The molecule has 5 nitrogen and oxygen atoms in total. The number of morpholine rings is 1. The first-order valence-corrected chi connectivity index (χ1v) is 9.19. The molecule has 0 N–H and O–H groups in total. The second-order valence-electron chi connectivity index (χ2n) is 7.12. The second-order valence-corrected chi connectivity index (χ2v) is 7.12. The number of nitrogens with zero attached hydrogens (tertiary/aromatic N) is 3. The Labute approximate surface area is 144 Å². The number of hydrogen-bond acceptors (Lipinski definition) is 4. The Hall–Kier alpha value is -1.43. The van der Waals surface area contributed by atoms with Gasteiger partial charge in [-0.3, -0.25) is 14.6 Å². The van der Waals surface area contributed by atoms with Gasteiger partial charge in [0.2, 0.25) is 5.91 Å². The van der Waals surface area contributed by atoms with Gasteiger partial charge in [-0.15, -0.1) is 0 Å². The summed E-state index contributed by atoms with van der Waals surface area (Å²) in [5.41, 5.74) is 1.34. The highest BCUT2D eigenvalue weighted by molar-refractivity contribution is 5.80. The van der Waals surface area contributed by atoms with Crippen molar-refractivity contribution in [2.45, 2.75) is 31.5 Å². The zero-order chi connectivity index (χ0) is 16.4. The molecular weight excluding hydrogens is 302 g/mol. The lowest BCUT2D eigenvalue weighted by molar-refractivity contribution is -0.129. The average Bonchev–Trinajstić information content (AvgIpc) is 3.14. The van der Waals surface area contributed by atoms with Crippen LogP contribution in [-0.4, -0.2) is 78.6 Å². The molecule has 3 heterocycles. The SMILES string of the molecule is O=C1C[C@H]2[C@@H](CCN2Cc2ccccc2)N1CCN1CCOCC1. The number of rotatable bonds is 5. The minimum Gasteiger partial charge on any atom is -0.379 e. The maximum atomic E-state index is 12.5. The molecular formula is C19H27N3O2. The summed E-state index contributed by atoms with van der Waals surface area (Å²) in [4.78, 5) is 19.6. The van der Waals surface area contributed by atoms with Crippen LogP contribution in [0.4, 0.5) is 0 Å². The maximum Gasteiger partial charge on any atom is 0.224 e. The number of likely N-dealkylation sites (tertiary alicyclic amines) is 2. The lowest BCUT2D eigenvalue weighted by atomic mass is 10.1. The Morgan fingerprint density at radius 3 is 2.58 bits per heavy atom. The van der Waals surface area contributed by atoms with Crippen molar-refractivity contribution in [3.63, 3.8) is 0 Å². The highest BCUT2D eigenvalue weighted by Crippen LogP contribution is 2.33. The highest BCUT2D eigenvalue weighted by atomic mass is 16.5. The second kappa shape index (κ2) is 7.21. The molecule has 0 aliphatic carbocycles. The molecule has 1 aromatic rings. The summed E-state index contributed by atoms with van der Waals surface area (Å²) >= 11 is 0. The molecule has 2 atom stereocenters. The van der Waals surface area contributed by atoms with Crippen molar-refractivity contribution in [2.75, 3.05) is 45.9 Å². The molecule has 0 saturated carbocycles. The molecule has 130 valence electrons. The Morgan fingerprint density at radius 1 is 1.00 bits per heavy atom. The Balaban J connectivity index is 1.34. The molecule has 0 spiro atoms. The lowest BCUT2D eigenvalue weighted by Gasteiger charge is -2.30. The van der Waals surface area contributed by atoms with Crippen molar-refractivity contribution in [3.05, 3.63) is 35.9 Å². The Kier molecular flexibility index (Phi) is 4.83. The highest BCUT2D eigenvalue weighted by Gasteiger charge is 2.46. The summed E-state index contributed by atoms with van der Waals surface area (Å²) in [6.45, 7) is 7.57. The minimum absolute atomic E-state index is 0.344. The van der Waals surface area contributed by atoms with Crippen LogP contribution < -0.4 is 0 Å². The number of carbonyl (C=O) groups excluding carboxylic acids is 1. The number of ether oxygens (including phenoxy) is 1. The van der Waals surface area contributed by atoms with Crippen molar-refractivity contribution in [3.8, 4) is 0 Å². The molecule has 0 radical (unpaired) electrons. The monoisotopic (exact) mass is 329 g/mol. The topological polar surface area (TPSA) is 36.0 Å². The quantitative estimate of drug-likeness (QED) is 0.813. The predicted octanol–water partition coefficient (Wildman–Crippen LogP) is 1.19. The summed E-state index contributed by atoms with van der Waals surface area (Å²) in [6.07, 6.45) is 1.81. The molecule has 1 aromatic carbocycles. The normalized spacial score (nSPS) is 28.5. The van der Waals surface area contributed by atoms with E-state index in [0.717, 1.165) is 58.9 Å². The van der Waals surface area contributed by atoms with Crippen LogP contribution in [0.1, 0.15) is 18.4 Å². The van der Waals surface area contributed by atoms with E-state index in [1.165, 1.54) is 5.56 Å². The molecule has 1 amide bonds. The lowest BCUT2D eigenvalue weighted by Crippen LogP contribution is -2.44. The van der Waals surface area contributed by atoms with Gasteiger partial charge >= 0.3 is 0 Å². The van der Waals surface area contributed by atoms with E-state index in [1.54, 1.807) is 0 Å². The molecule has 0 bridgehead atoms.